The lowest BCUT2D eigenvalue weighted by Crippen LogP contribution is -2.48. The number of rotatable bonds is 3. The van der Waals surface area contributed by atoms with Crippen LogP contribution in [0.25, 0.3) is 0 Å². The van der Waals surface area contributed by atoms with Gasteiger partial charge in [0.2, 0.25) is 0 Å². The number of nitrogens with one attached hydrogen (secondary N) is 1. The molecule has 2 aromatic rings. The molecule has 0 aliphatic carbocycles. The first-order valence-corrected chi connectivity index (χ1v) is 8.56. The van der Waals surface area contributed by atoms with Crippen LogP contribution in [-0.2, 0) is 15.7 Å². The zero-order valence-electron chi connectivity index (χ0n) is 15.6. The summed E-state index contributed by atoms with van der Waals surface area (Å²) in [4.78, 5) is 26.3. The van der Waals surface area contributed by atoms with Crippen LogP contribution in [0, 0.1) is 0 Å². The van der Waals surface area contributed by atoms with Crippen molar-refractivity contribution in [3.63, 3.8) is 0 Å². The number of nitrogens with two attached hydrogens (primary N) is 1. The molecule has 0 saturated carbocycles. The average molecular weight is 405 g/mol. The summed E-state index contributed by atoms with van der Waals surface area (Å²) in [7, 11) is 1.19. The largest absolute Gasteiger partial charge is 0.466 e. The van der Waals surface area contributed by atoms with E-state index in [1.54, 1.807) is 24.3 Å². The van der Waals surface area contributed by atoms with Crippen molar-refractivity contribution in [2.24, 2.45) is 0 Å². The van der Waals surface area contributed by atoms with Gasteiger partial charge in [-0.2, -0.15) is 13.2 Å². The van der Waals surface area contributed by atoms with Crippen LogP contribution in [0.15, 0.2) is 59.8 Å². The zero-order valence-corrected chi connectivity index (χ0v) is 15.6. The summed E-state index contributed by atoms with van der Waals surface area (Å²) in [6.45, 7) is 1.48. The van der Waals surface area contributed by atoms with Gasteiger partial charge in [-0.3, -0.25) is 4.90 Å². The van der Waals surface area contributed by atoms with Crippen LogP contribution in [0.5, 0.6) is 0 Å². The number of allylic oxidation sites excluding steroid dienone is 1. The number of hydrogen-bond acceptors (Lipinski definition) is 4. The van der Waals surface area contributed by atoms with Crippen LogP contribution in [0.4, 0.5) is 29.3 Å². The maximum absolute atomic E-state index is 13.1. The lowest BCUT2D eigenvalue weighted by atomic mass is 9.94. The summed E-state index contributed by atoms with van der Waals surface area (Å²) >= 11 is 0. The number of alkyl halides is 3. The molecule has 29 heavy (non-hydrogen) atoms. The van der Waals surface area contributed by atoms with E-state index in [9.17, 15) is 22.8 Å². The third-order valence-electron chi connectivity index (χ3n) is 4.59. The first-order chi connectivity index (χ1) is 13.6. The molecule has 9 heteroatoms. The van der Waals surface area contributed by atoms with E-state index in [0.29, 0.717) is 11.3 Å². The number of benzene rings is 2. The van der Waals surface area contributed by atoms with Gasteiger partial charge < -0.3 is 15.8 Å². The Kier molecular flexibility index (Phi) is 5.23. The van der Waals surface area contributed by atoms with Crippen molar-refractivity contribution in [3.05, 3.63) is 70.9 Å². The normalized spacial score (nSPS) is 17.2. The Morgan fingerprint density at radius 1 is 1.17 bits per heavy atom. The zero-order chi connectivity index (χ0) is 21.3. The SMILES string of the molecule is COC(=O)C1=C(C)N(c2cccc(C(F)(F)F)c2)C(=O)N[C@@H]1c1ccc(N)cc1. The molecular weight excluding hydrogens is 387 g/mol. The fourth-order valence-electron chi connectivity index (χ4n) is 3.19. The first kappa shape index (κ1) is 20.2. The predicted molar refractivity (Wildman–Crippen MR) is 101 cm³/mol. The van der Waals surface area contributed by atoms with Gasteiger partial charge >= 0.3 is 18.2 Å². The van der Waals surface area contributed by atoms with Gasteiger partial charge in [-0.25, -0.2) is 9.59 Å². The third-order valence-corrected chi connectivity index (χ3v) is 4.59. The maximum Gasteiger partial charge on any atom is 0.416 e. The average Bonchev–Trinajstić information content (AvgIpc) is 2.67. The Hall–Kier alpha value is -3.49. The predicted octanol–water partition coefficient (Wildman–Crippen LogP) is 4.01. The van der Waals surface area contributed by atoms with Crippen molar-refractivity contribution < 1.29 is 27.5 Å². The summed E-state index contributed by atoms with van der Waals surface area (Å²) in [5, 5.41) is 2.66. The molecule has 1 aliphatic rings. The van der Waals surface area contributed by atoms with Crippen LogP contribution in [-0.4, -0.2) is 19.1 Å². The van der Waals surface area contributed by atoms with Crippen LogP contribution in [0.1, 0.15) is 24.1 Å². The van der Waals surface area contributed by atoms with E-state index in [0.717, 1.165) is 17.0 Å². The van der Waals surface area contributed by atoms with Crippen molar-refractivity contribution in [1.29, 1.82) is 0 Å². The maximum atomic E-state index is 13.1. The van der Waals surface area contributed by atoms with E-state index in [2.05, 4.69) is 5.32 Å². The van der Waals surface area contributed by atoms with Gasteiger partial charge in [-0.1, -0.05) is 18.2 Å². The van der Waals surface area contributed by atoms with Crippen LogP contribution >= 0.6 is 0 Å². The number of hydrogen-bond donors (Lipinski definition) is 2. The molecule has 0 aromatic heterocycles. The van der Waals surface area contributed by atoms with Gasteiger partial charge in [-0.05, 0) is 42.8 Å². The molecule has 1 aliphatic heterocycles. The Morgan fingerprint density at radius 2 is 1.83 bits per heavy atom. The number of methoxy groups -OCH3 is 1. The van der Waals surface area contributed by atoms with Gasteiger partial charge in [0.15, 0.2) is 0 Å². The number of anilines is 2. The number of urea groups is 1. The number of carbonyl (C=O) groups is 2. The Labute approximate surface area is 164 Å². The summed E-state index contributed by atoms with van der Waals surface area (Å²) in [5.41, 5.74) is 6.12. The van der Waals surface area contributed by atoms with E-state index in [1.807, 2.05) is 0 Å². The molecule has 1 heterocycles. The quantitative estimate of drug-likeness (QED) is 0.597. The first-order valence-electron chi connectivity index (χ1n) is 8.56. The molecule has 2 amide bonds. The van der Waals surface area contributed by atoms with Gasteiger partial charge in [0.05, 0.1) is 30.0 Å². The third kappa shape index (κ3) is 3.89. The van der Waals surface area contributed by atoms with Crippen LogP contribution in [0.2, 0.25) is 0 Å². The molecule has 0 bridgehead atoms. The molecule has 3 rings (SSSR count). The number of esters is 1. The van der Waals surface area contributed by atoms with E-state index in [4.69, 9.17) is 10.5 Å². The second-order valence-electron chi connectivity index (χ2n) is 6.42. The number of carbonyl (C=O) groups excluding carboxylic acids is 2. The smallest absolute Gasteiger partial charge is 0.416 e. The van der Waals surface area contributed by atoms with Crippen molar-refractivity contribution in [3.8, 4) is 0 Å². The Morgan fingerprint density at radius 3 is 2.41 bits per heavy atom. The van der Waals surface area contributed by atoms with Crippen molar-refractivity contribution in [2.75, 3.05) is 17.7 Å². The fraction of sp³-hybridized carbons (Fsp3) is 0.200. The number of ether oxygens (including phenoxy) is 1. The highest BCUT2D eigenvalue weighted by molar-refractivity contribution is 6.03. The number of amides is 2. The highest BCUT2D eigenvalue weighted by atomic mass is 19.4. The summed E-state index contributed by atoms with van der Waals surface area (Å²) in [5.74, 6) is -0.707. The van der Waals surface area contributed by atoms with E-state index in [-0.39, 0.29) is 17.0 Å². The van der Waals surface area contributed by atoms with Crippen LogP contribution in [0.3, 0.4) is 0 Å². The molecule has 1 atom stereocenters. The van der Waals surface area contributed by atoms with Crippen molar-refractivity contribution in [2.45, 2.75) is 19.1 Å². The lowest BCUT2D eigenvalue weighted by Gasteiger charge is -2.35. The number of nitrogens with zero attached hydrogens (tertiary/aromatic N) is 1. The molecule has 0 radical (unpaired) electrons. The lowest BCUT2D eigenvalue weighted by molar-refractivity contribution is -0.138. The topological polar surface area (TPSA) is 84.7 Å². The van der Waals surface area contributed by atoms with Gasteiger partial charge in [-0.15, -0.1) is 0 Å². The van der Waals surface area contributed by atoms with Crippen molar-refractivity contribution in [1.82, 2.24) is 5.32 Å². The Bertz CT molecular complexity index is 984. The van der Waals surface area contributed by atoms with Crippen LogP contribution < -0.4 is 16.0 Å². The fourth-order valence-corrected chi connectivity index (χ4v) is 3.19. The highest BCUT2D eigenvalue weighted by Gasteiger charge is 2.38. The molecule has 3 N–H and O–H groups in total. The molecular formula is C20H18F3N3O3. The minimum Gasteiger partial charge on any atom is -0.466 e. The molecule has 2 aromatic carbocycles. The second-order valence-corrected chi connectivity index (χ2v) is 6.42. The number of nitrogen functional groups attached to an aromatic ring is 1. The molecule has 0 saturated heterocycles. The summed E-state index contributed by atoms with van der Waals surface area (Å²) < 4.78 is 44.1. The van der Waals surface area contributed by atoms with Gasteiger partial charge in [0.25, 0.3) is 0 Å². The minimum absolute atomic E-state index is 0.0213. The monoisotopic (exact) mass is 405 g/mol. The van der Waals surface area contributed by atoms with Crippen molar-refractivity contribution >= 4 is 23.4 Å². The molecule has 0 spiro atoms. The number of halogens is 3. The molecule has 6 nitrogen and oxygen atoms in total. The molecule has 0 fully saturated rings. The highest BCUT2D eigenvalue weighted by Crippen LogP contribution is 2.37. The van der Waals surface area contributed by atoms with E-state index < -0.39 is 29.8 Å². The molecule has 0 unspecified atom stereocenters. The Balaban J connectivity index is 2.13. The van der Waals surface area contributed by atoms with Gasteiger partial charge in [0, 0.05) is 11.4 Å². The minimum atomic E-state index is -4.57. The van der Waals surface area contributed by atoms with Gasteiger partial charge in [0.1, 0.15) is 0 Å². The van der Waals surface area contributed by atoms with E-state index in [1.165, 1.54) is 26.2 Å². The summed E-state index contributed by atoms with van der Waals surface area (Å²) in [6.07, 6.45) is -4.57. The molecule has 152 valence electrons. The second kappa shape index (κ2) is 7.50. The summed E-state index contributed by atoms with van der Waals surface area (Å²) in [6, 6.07) is 9.33. The van der Waals surface area contributed by atoms with E-state index >= 15 is 0 Å². The standard InChI is InChI=1S/C20H18F3N3O3/c1-11-16(18(27)29-2)17(12-6-8-14(24)9-7-12)25-19(28)26(11)15-5-3-4-13(10-15)20(21,22)23/h3-10,17H,24H2,1-2H3,(H,25,28)/t17-/m1/s1.